The lowest BCUT2D eigenvalue weighted by Crippen LogP contribution is -2.40. The molecule has 3 aromatic rings. The average molecular weight is 445 g/mol. The fourth-order valence-electron chi connectivity index (χ4n) is 7.17. The lowest BCUT2D eigenvalue weighted by Gasteiger charge is -2.47. The number of allylic oxidation sites excluding steroid dienone is 1. The quantitative estimate of drug-likeness (QED) is 0.387. The maximum atomic E-state index is 11.6. The van der Waals surface area contributed by atoms with Crippen molar-refractivity contribution in [3.8, 4) is 11.5 Å². The molecule has 3 heteroatoms. The summed E-state index contributed by atoms with van der Waals surface area (Å²) in [6.07, 6.45) is 8.41. The van der Waals surface area contributed by atoms with Crippen molar-refractivity contribution in [2.24, 2.45) is 11.3 Å². The maximum absolute atomic E-state index is 11.6. The fourth-order valence-corrected chi connectivity index (χ4v) is 7.17. The van der Waals surface area contributed by atoms with E-state index < -0.39 is 6.10 Å². The third-order valence-electron chi connectivity index (χ3n) is 9.53. The van der Waals surface area contributed by atoms with Gasteiger partial charge in [0.2, 0.25) is 0 Å². The number of aliphatic hydroxyl groups is 1. The van der Waals surface area contributed by atoms with Crippen LogP contribution in [0.25, 0.3) is 22.5 Å². The van der Waals surface area contributed by atoms with Crippen LogP contribution in [0, 0.1) is 32.1 Å². The van der Waals surface area contributed by atoms with Crippen LogP contribution in [-0.2, 0) is 12.8 Å². The van der Waals surface area contributed by atoms with Crippen LogP contribution in [0.1, 0.15) is 97.6 Å². The number of hydrogen-bond donors (Lipinski definition) is 1. The first-order valence-electron chi connectivity index (χ1n) is 12.8. The smallest absolute Gasteiger partial charge is 0.173 e. The highest BCUT2D eigenvalue weighted by atomic mass is 16.4. The molecule has 0 bridgehead atoms. The first kappa shape index (κ1) is 21.3. The minimum absolute atomic E-state index is 0.217. The van der Waals surface area contributed by atoms with Gasteiger partial charge in [-0.25, -0.2) is 0 Å². The normalized spacial score (nSPS) is 28.9. The van der Waals surface area contributed by atoms with Crippen LogP contribution in [0.15, 0.2) is 26.5 Å². The Morgan fingerprint density at radius 2 is 1.76 bits per heavy atom. The second-order valence-corrected chi connectivity index (χ2v) is 11.3. The van der Waals surface area contributed by atoms with Crippen LogP contribution in [0.5, 0.6) is 0 Å². The Morgan fingerprint density at radius 3 is 2.55 bits per heavy atom. The van der Waals surface area contributed by atoms with Gasteiger partial charge in [-0.15, -0.1) is 0 Å². The highest BCUT2D eigenvalue weighted by molar-refractivity contribution is 5.91. The molecule has 0 aliphatic heterocycles. The molecule has 2 aromatic heterocycles. The zero-order valence-corrected chi connectivity index (χ0v) is 20.9. The monoisotopic (exact) mass is 444 g/mol. The summed E-state index contributed by atoms with van der Waals surface area (Å²) >= 11 is 0. The molecule has 4 unspecified atom stereocenters. The molecule has 3 aliphatic rings. The number of fused-ring (bicyclic) bond motifs is 5. The first-order valence-corrected chi connectivity index (χ1v) is 12.8. The standard InChI is InChI=1S/C30H36O3/c1-15-9-7-12-21-16(2)13-22-18(4)26(33-28(22)24(15)21)27-19(5)25-23(32-27)14-20-11-8-10-17(3)30(20,6)29(25)31/h11,13,15,17,29,31H,7-10,12,14H2,1-6H3. The summed E-state index contributed by atoms with van der Waals surface area (Å²) in [5, 5.41) is 12.8. The molecule has 3 nitrogen and oxygen atoms in total. The van der Waals surface area contributed by atoms with Crippen molar-refractivity contribution in [1.29, 1.82) is 0 Å². The zero-order chi connectivity index (χ0) is 23.2. The van der Waals surface area contributed by atoms with E-state index in [9.17, 15) is 5.11 Å². The molecular formula is C30H36O3. The predicted octanol–water partition coefficient (Wildman–Crippen LogP) is 8.01. The van der Waals surface area contributed by atoms with Crippen molar-refractivity contribution in [1.82, 2.24) is 0 Å². The van der Waals surface area contributed by atoms with Crippen LogP contribution in [0.3, 0.4) is 0 Å². The summed E-state index contributed by atoms with van der Waals surface area (Å²) in [6, 6.07) is 2.31. The van der Waals surface area contributed by atoms with Gasteiger partial charge in [-0.3, -0.25) is 0 Å². The van der Waals surface area contributed by atoms with Gasteiger partial charge in [0.05, 0.1) is 6.10 Å². The van der Waals surface area contributed by atoms with E-state index >= 15 is 0 Å². The van der Waals surface area contributed by atoms with Gasteiger partial charge in [0.1, 0.15) is 11.3 Å². The Hall–Kier alpha value is -2.26. The van der Waals surface area contributed by atoms with Crippen molar-refractivity contribution >= 4 is 11.0 Å². The van der Waals surface area contributed by atoms with E-state index in [1.165, 1.54) is 40.5 Å². The van der Waals surface area contributed by atoms with Gasteiger partial charge in [-0.1, -0.05) is 32.4 Å². The Labute approximate surface area is 196 Å². The van der Waals surface area contributed by atoms with Gasteiger partial charge in [0, 0.05) is 39.5 Å². The summed E-state index contributed by atoms with van der Waals surface area (Å²) in [7, 11) is 0. The van der Waals surface area contributed by atoms with E-state index in [1.54, 1.807) is 0 Å². The second kappa shape index (κ2) is 7.12. The van der Waals surface area contributed by atoms with Crippen LogP contribution < -0.4 is 0 Å². The molecule has 4 atom stereocenters. The molecule has 1 N–H and O–H groups in total. The van der Waals surface area contributed by atoms with Gasteiger partial charge in [0.25, 0.3) is 0 Å². The van der Waals surface area contributed by atoms with E-state index in [0.717, 1.165) is 65.2 Å². The van der Waals surface area contributed by atoms with E-state index in [2.05, 4.69) is 53.7 Å². The number of benzene rings is 1. The molecule has 0 saturated heterocycles. The summed E-state index contributed by atoms with van der Waals surface area (Å²) < 4.78 is 13.2. The molecule has 6 rings (SSSR count). The van der Waals surface area contributed by atoms with Gasteiger partial charge < -0.3 is 13.9 Å². The molecule has 174 valence electrons. The summed E-state index contributed by atoms with van der Waals surface area (Å²) in [4.78, 5) is 0. The van der Waals surface area contributed by atoms with E-state index in [-0.39, 0.29) is 5.41 Å². The number of furan rings is 2. The number of aliphatic hydroxyl groups excluding tert-OH is 1. The Balaban J connectivity index is 1.55. The molecule has 0 amide bonds. The molecule has 1 aromatic carbocycles. The number of aryl methyl sites for hydroxylation is 2. The first-order chi connectivity index (χ1) is 15.7. The highest BCUT2D eigenvalue weighted by Gasteiger charge is 2.49. The average Bonchev–Trinajstić information content (AvgIpc) is 3.27. The lowest BCUT2D eigenvalue weighted by atomic mass is 9.59. The minimum atomic E-state index is -0.542. The van der Waals surface area contributed by atoms with Crippen molar-refractivity contribution in [3.05, 3.63) is 56.9 Å². The van der Waals surface area contributed by atoms with E-state index in [1.807, 2.05) is 0 Å². The van der Waals surface area contributed by atoms with Crippen LogP contribution >= 0.6 is 0 Å². The molecule has 0 radical (unpaired) electrons. The zero-order valence-electron chi connectivity index (χ0n) is 20.9. The topological polar surface area (TPSA) is 46.5 Å². The van der Waals surface area contributed by atoms with Crippen molar-refractivity contribution in [2.45, 2.75) is 92.1 Å². The molecule has 33 heavy (non-hydrogen) atoms. The van der Waals surface area contributed by atoms with Crippen molar-refractivity contribution < 1.29 is 13.9 Å². The van der Waals surface area contributed by atoms with Gasteiger partial charge >= 0.3 is 0 Å². The van der Waals surface area contributed by atoms with Crippen molar-refractivity contribution in [3.63, 3.8) is 0 Å². The van der Waals surface area contributed by atoms with E-state index in [0.29, 0.717) is 11.8 Å². The highest BCUT2D eigenvalue weighted by Crippen LogP contribution is 2.57. The summed E-state index contributed by atoms with van der Waals surface area (Å²) in [6.45, 7) is 13.4. The van der Waals surface area contributed by atoms with Gasteiger partial charge in [0.15, 0.2) is 11.5 Å². The minimum Gasteiger partial charge on any atom is -0.457 e. The molecule has 3 aliphatic carbocycles. The van der Waals surface area contributed by atoms with E-state index in [4.69, 9.17) is 8.83 Å². The third-order valence-corrected chi connectivity index (χ3v) is 9.53. The third kappa shape index (κ3) is 2.72. The fraction of sp³-hybridized carbons (Fsp3) is 0.533. The van der Waals surface area contributed by atoms with Crippen LogP contribution in [0.4, 0.5) is 0 Å². The van der Waals surface area contributed by atoms with Gasteiger partial charge in [-0.2, -0.15) is 0 Å². The molecule has 2 heterocycles. The predicted molar refractivity (Wildman–Crippen MR) is 133 cm³/mol. The Kier molecular flexibility index (Phi) is 4.59. The Morgan fingerprint density at radius 1 is 1.00 bits per heavy atom. The summed E-state index contributed by atoms with van der Waals surface area (Å²) in [5.74, 6) is 3.52. The molecule has 0 spiro atoms. The SMILES string of the molecule is Cc1cc2c(C)c(-c3oc4c(c3C)C(O)C3(C)C(=CCCC3C)C4)oc2c2c1CCCC2C. The number of hydrogen-bond acceptors (Lipinski definition) is 3. The van der Waals surface area contributed by atoms with Crippen LogP contribution in [0.2, 0.25) is 0 Å². The number of rotatable bonds is 1. The largest absolute Gasteiger partial charge is 0.457 e. The molecule has 0 saturated carbocycles. The van der Waals surface area contributed by atoms with Crippen molar-refractivity contribution in [2.75, 3.05) is 0 Å². The second-order valence-electron chi connectivity index (χ2n) is 11.3. The summed E-state index contributed by atoms with van der Waals surface area (Å²) in [5.41, 5.74) is 9.59. The molecule has 0 fully saturated rings. The van der Waals surface area contributed by atoms with Crippen LogP contribution in [-0.4, -0.2) is 5.11 Å². The Bertz CT molecular complexity index is 1320. The lowest BCUT2D eigenvalue weighted by molar-refractivity contribution is 0.00631. The maximum Gasteiger partial charge on any atom is 0.173 e. The van der Waals surface area contributed by atoms with Gasteiger partial charge in [-0.05, 0) is 81.9 Å². The molecular weight excluding hydrogens is 408 g/mol.